The molecule has 3 aromatic rings. The number of fused-ring (bicyclic) bond motifs is 3. The molecule has 6 heteroatoms. The third-order valence-corrected chi connectivity index (χ3v) is 4.91. The van der Waals surface area contributed by atoms with E-state index in [1.807, 2.05) is 48.1 Å². The summed E-state index contributed by atoms with van der Waals surface area (Å²) in [5.41, 5.74) is 3.13. The number of hydrogen-bond acceptors (Lipinski definition) is 3. The van der Waals surface area contributed by atoms with Crippen LogP contribution in [-0.2, 0) is 7.05 Å². The molecule has 1 aromatic heterocycles. The molecule has 2 amide bonds. The molecule has 2 aromatic carbocycles. The van der Waals surface area contributed by atoms with Crippen LogP contribution in [0.3, 0.4) is 0 Å². The van der Waals surface area contributed by atoms with Crippen LogP contribution in [0.25, 0.3) is 22.0 Å². The molecule has 122 valence electrons. The molecule has 0 radical (unpaired) electrons. The number of halogens is 1. The molecule has 0 saturated heterocycles. The van der Waals surface area contributed by atoms with Gasteiger partial charge in [0.05, 0.1) is 23.8 Å². The normalized spacial score (nSPS) is 13.3. The number of nitrogens with one attached hydrogen (secondary N) is 1. The van der Waals surface area contributed by atoms with E-state index < -0.39 is 0 Å². The second kappa shape index (κ2) is 5.21. The molecule has 2 heterocycles. The molecule has 0 bridgehead atoms. The Morgan fingerprint density at radius 1 is 1.12 bits per heavy atom. The van der Waals surface area contributed by atoms with E-state index in [2.05, 4.69) is 21.2 Å². The second-order valence-electron chi connectivity index (χ2n) is 5.64. The zero-order valence-corrected chi connectivity index (χ0v) is 14.6. The largest absolute Gasteiger partial charge is 0.496 e. The minimum Gasteiger partial charge on any atom is -0.496 e. The number of amides is 2. The molecule has 0 saturated carbocycles. The van der Waals surface area contributed by atoms with Gasteiger partial charge in [0.2, 0.25) is 0 Å². The molecule has 0 aliphatic carbocycles. The first kappa shape index (κ1) is 15.0. The number of aromatic nitrogens is 1. The van der Waals surface area contributed by atoms with E-state index in [1.165, 1.54) is 0 Å². The van der Waals surface area contributed by atoms with Crippen molar-refractivity contribution in [2.75, 3.05) is 7.11 Å². The van der Waals surface area contributed by atoms with E-state index in [0.717, 1.165) is 20.9 Å². The average molecular weight is 387 g/mol. The van der Waals surface area contributed by atoms with Crippen molar-refractivity contribution in [1.29, 1.82) is 0 Å². The highest BCUT2D eigenvalue weighted by Gasteiger charge is 2.34. The van der Waals surface area contributed by atoms with E-state index in [4.69, 9.17) is 4.74 Å². The molecule has 4 rings (SSSR count). The van der Waals surface area contributed by atoms with Gasteiger partial charge in [-0.15, -0.1) is 0 Å². The van der Waals surface area contributed by atoms with Gasteiger partial charge in [-0.25, -0.2) is 0 Å². The van der Waals surface area contributed by atoms with Gasteiger partial charge in [0, 0.05) is 35.7 Å². The minimum absolute atomic E-state index is 0. The Hall–Kier alpha value is -2.60. The van der Waals surface area contributed by atoms with Crippen LogP contribution in [0.2, 0.25) is 0 Å². The van der Waals surface area contributed by atoms with Crippen LogP contribution < -0.4 is 10.1 Å². The number of nitrogens with zero attached hydrogens (tertiary/aromatic N) is 1. The van der Waals surface area contributed by atoms with Crippen molar-refractivity contribution >= 4 is 38.6 Å². The molecular formula is C18H15BrN2O3. The Balaban J connectivity index is 0.00000182. The summed E-state index contributed by atoms with van der Waals surface area (Å²) in [6.07, 6.45) is 1.88. The molecule has 0 spiro atoms. The van der Waals surface area contributed by atoms with Crippen LogP contribution >= 0.6 is 15.9 Å². The first-order valence-electron chi connectivity index (χ1n) is 7.33. The fourth-order valence-corrected chi connectivity index (χ4v) is 3.97. The summed E-state index contributed by atoms with van der Waals surface area (Å²) in [6, 6.07) is 9.39. The maximum Gasteiger partial charge on any atom is 0.259 e. The Labute approximate surface area is 147 Å². The molecule has 0 fully saturated rings. The maximum atomic E-state index is 12.4. The number of benzene rings is 2. The van der Waals surface area contributed by atoms with E-state index in [9.17, 15) is 9.59 Å². The van der Waals surface area contributed by atoms with E-state index >= 15 is 0 Å². The number of methoxy groups -OCH3 is 1. The molecule has 1 aliphatic heterocycles. The number of carbonyl (C=O) groups excluding carboxylic acids is 2. The number of para-hydroxylation sites is 1. The molecule has 24 heavy (non-hydrogen) atoms. The molecule has 0 atom stereocenters. The third kappa shape index (κ3) is 1.93. The summed E-state index contributed by atoms with van der Waals surface area (Å²) in [4.78, 5) is 24.8. The van der Waals surface area contributed by atoms with Crippen molar-refractivity contribution < 1.29 is 15.8 Å². The van der Waals surface area contributed by atoms with Gasteiger partial charge < -0.3 is 9.30 Å². The van der Waals surface area contributed by atoms with Gasteiger partial charge >= 0.3 is 0 Å². The Morgan fingerprint density at radius 3 is 2.58 bits per heavy atom. The van der Waals surface area contributed by atoms with Crippen LogP contribution in [0.1, 0.15) is 22.1 Å². The Kier molecular flexibility index (Phi) is 3.25. The molecule has 1 N–H and O–H groups in total. The number of ether oxygens (including phenoxy) is 1. The van der Waals surface area contributed by atoms with Crippen LogP contribution in [0.15, 0.2) is 41.0 Å². The highest BCUT2D eigenvalue weighted by molar-refractivity contribution is 9.10. The van der Waals surface area contributed by atoms with E-state index in [-0.39, 0.29) is 13.2 Å². The van der Waals surface area contributed by atoms with Gasteiger partial charge in [-0.3, -0.25) is 14.9 Å². The number of imide groups is 1. The highest BCUT2D eigenvalue weighted by atomic mass is 79.9. The predicted molar refractivity (Wildman–Crippen MR) is 96.5 cm³/mol. The van der Waals surface area contributed by atoms with Crippen LogP contribution in [0.4, 0.5) is 0 Å². The lowest BCUT2D eigenvalue weighted by Crippen LogP contribution is -2.20. The zero-order valence-electron chi connectivity index (χ0n) is 13.0. The van der Waals surface area contributed by atoms with Crippen molar-refractivity contribution in [3.8, 4) is 16.9 Å². The summed E-state index contributed by atoms with van der Waals surface area (Å²) < 4.78 is 8.15. The van der Waals surface area contributed by atoms with Crippen molar-refractivity contribution in [1.82, 2.24) is 9.88 Å². The van der Waals surface area contributed by atoms with Gasteiger partial charge in [0.15, 0.2) is 0 Å². The SMILES string of the molecule is COc1ccccc1-c1cc2c(c(Br)cn2C)c2c1C(=O)NC2=O.[HH]. The Bertz CT molecular complexity index is 1040. The predicted octanol–water partition coefficient (Wildman–Crippen LogP) is 3.75. The van der Waals surface area contributed by atoms with Gasteiger partial charge in [-0.1, -0.05) is 18.2 Å². The third-order valence-electron chi connectivity index (χ3n) is 4.31. The maximum absolute atomic E-state index is 12.4. The Morgan fingerprint density at radius 2 is 1.83 bits per heavy atom. The lowest BCUT2D eigenvalue weighted by Gasteiger charge is -2.12. The lowest BCUT2D eigenvalue weighted by atomic mass is 9.93. The van der Waals surface area contributed by atoms with Crippen molar-refractivity contribution in [3.63, 3.8) is 0 Å². The summed E-state index contributed by atoms with van der Waals surface area (Å²) in [5.74, 6) is -0.100. The van der Waals surface area contributed by atoms with Crippen molar-refractivity contribution in [2.45, 2.75) is 0 Å². The van der Waals surface area contributed by atoms with Crippen LogP contribution in [-0.4, -0.2) is 23.5 Å². The van der Waals surface area contributed by atoms with Crippen molar-refractivity contribution in [3.05, 3.63) is 52.1 Å². The summed E-state index contributed by atoms with van der Waals surface area (Å²) in [6.45, 7) is 0. The first-order valence-corrected chi connectivity index (χ1v) is 8.12. The highest BCUT2D eigenvalue weighted by Crippen LogP contribution is 2.41. The van der Waals surface area contributed by atoms with Crippen LogP contribution in [0, 0.1) is 0 Å². The summed E-state index contributed by atoms with van der Waals surface area (Å²) in [7, 11) is 3.49. The van der Waals surface area contributed by atoms with Crippen LogP contribution in [0.5, 0.6) is 5.75 Å². The standard InChI is InChI=1S/C18H13BrN2O3.H2/c1-21-8-11(19)15-12(21)7-10(9-5-3-4-6-13(9)24-2)14-16(15)18(23)20-17(14)22;/h3-8H,1-2H3,(H,20,22,23);1H. The number of hydrogen-bond donors (Lipinski definition) is 1. The topological polar surface area (TPSA) is 60.3 Å². The van der Waals surface area contributed by atoms with Gasteiger partial charge in [-0.2, -0.15) is 0 Å². The zero-order chi connectivity index (χ0) is 17.0. The average Bonchev–Trinajstić information content (AvgIpc) is 3.03. The lowest BCUT2D eigenvalue weighted by molar-refractivity contribution is 0.0880. The van der Waals surface area contributed by atoms with Gasteiger partial charge in [0.1, 0.15) is 5.75 Å². The molecular weight excluding hydrogens is 372 g/mol. The number of aryl methyl sites for hydroxylation is 1. The molecule has 1 aliphatic rings. The quantitative estimate of drug-likeness (QED) is 0.682. The second-order valence-corrected chi connectivity index (χ2v) is 6.49. The van der Waals surface area contributed by atoms with Crippen molar-refractivity contribution in [2.24, 2.45) is 7.05 Å². The monoisotopic (exact) mass is 386 g/mol. The number of rotatable bonds is 2. The molecule has 0 unspecified atom stereocenters. The summed E-state index contributed by atoms with van der Waals surface area (Å²) >= 11 is 3.49. The first-order chi connectivity index (χ1) is 11.5. The van der Waals surface area contributed by atoms with Gasteiger partial charge in [-0.05, 0) is 28.1 Å². The van der Waals surface area contributed by atoms with Gasteiger partial charge in [0.25, 0.3) is 11.8 Å². The summed E-state index contributed by atoms with van der Waals surface area (Å²) in [5, 5.41) is 3.15. The smallest absolute Gasteiger partial charge is 0.259 e. The minimum atomic E-state index is -0.381. The molecule has 5 nitrogen and oxygen atoms in total. The van der Waals surface area contributed by atoms with E-state index in [1.54, 1.807) is 7.11 Å². The fraction of sp³-hybridized carbons (Fsp3) is 0.111. The fourth-order valence-electron chi connectivity index (χ4n) is 3.26. The number of carbonyl (C=O) groups is 2. The van der Waals surface area contributed by atoms with E-state index in [0.29, 0.717) is 22.4 Å².